The molecular weight excluding hydrogens is 375 g/mol. The lowest BCUT2D eigenvalue weighted by Gasteiger charge is -2.33. The molecule has 8 heteroatoms. The maximum absolute atomic E-state index is 13.4. The fraction of sp³-hybridized carbons (Fsp3) is 0.333. The lowest BCUT2D eigenvalue weighted by Crippen LogP contribution is -2.45. The molecule has 0 radical (unpaired) electrons. The highest BCUT2D eigenvalue weighted by Crippen LogP contribution is 2.24. The minimum atomic E-state index is -0.403. The second-order valence-corrected chi connectivity index (χ2v) is 7.85. The minimum Gasteiger partial charge on any atom is -0.341 e. The van der Waals surface area contributed by atoms with Crippen molar-refractivity contribution in [2.75, 3.05) is 18.0 Å². The molecule has 1 fully saturated rings. The van der Waals surface area contributed by atoms with Gasteiger partial charge in [-0.25, -0.2) is 9.37 Å². The molecule has 3 aromatic rings. The molecule has 136 valence electrons. The van der Waals surface area contributed by atoms with Crippen LogP contribution in [0.25, 0.3) is 10.2 Å². The zero-order valence-corrected chi connectivity index (χ0v) is 15.6. The Bertz CT molecular complexity index is 1020. The third-order valence-corrected chi connectivity index (χ3v) is 5.87. The summed E-state index contributed by atoms with van der Waals surface area (Å²) in [4.78, 5) is 19.9. The zero-order chi connectivity index (χ0) is 18.3. The zero-order valence-electron chi connectivity index (χ0n) is 14.0. The van der Waals surface area contributed by atoms with Gasteiger partial charge in [0.2, 0.25) is 5.95 Å². The van der Waals surface area contributed by atoms with Crippen LogP contribution in [0.1, 0.15) is 18.4 Å². The first-order valence-electron chi connectivity index (χ1n) is 8.45. The third kappa shape index (κ3) is 3.22. The summed E-state index contributed by atoms with van der Waals surface area (Å²) in [6, 6.07) is 6.12. The van der Waals surface area contributed by atoms with Crippen LogP contribution >= 0.6 is 22.9 Å². The molecule has 3 heterocycles. The number of halogens is 2. The molecule has 2 aromatic heterocycles. The van der Waals surface area contributed by atoms with Crippen LogP contribution in [0.5, 0.6) is 0 Å². The largest absolute Gasteiger partial charge is 0.341 e. The van der Waals surface area contributed by atoms with Gasteiger partial charge in [0.1, 0.15) is 10.5 Å². The lowest BCUT2D eigenvalue weighted by atomic mass is 10.1. The summed E-state index contributed by atoms with van der Waals surface area (Å²) >= 11 is 7.55. The molecular formula is C18H18ClFN4OS. The van der Waals surface area contributed by atoms with E-state index in [1.165, 1.54) is 23.5 Å². The fourth-order valence-corrected chi connectivity index (χ4v) is 4.33. The molecule has 5 nitrogen and oxygen atoms in total. The summed E-state index contributed by atoms with van der Waals surface area (Å²) in [6.07, 6.45) is 1.92. The average Bonchev–Trinajstić information content (AvgIpc) is 3.08. The number of nitrogens with zero attached hydrogens (tertiary/aromatic N) is 3. The van der Waals surface area contributed by atoms with Gasteiger partial charge >= 0.3 is 0 Å². The van der Waals surface area contributed by atoms with Crippen molar-refractivity contribution in [2.45, 2.75) is 25.4 Å². The molecule has 1 aliphatic rings. The van der Waals surface area contributed by atoms with E-state index in [2.05, 4.69) is 4.90 Å². The van der Waals surface area contributed by atoms with E-state index >= 15 is 0 Å². The predicted molar refractivity (Wildman–Crippen MR) is 104 cm³/mol. The van der Waals surface area contributed by atoms with Crippen molar-refractivity contribution in [1.82, 2.24) is 9.55 Å². The van der Waals surface area contributed by atoms with Crippen LogP contribution in [0.3, 0.4) is 0 Å². The average molecular weight is 393 g/mol. The van der Waals surface area contributed by atoms with Gasteiger partial charge in [-0.2, -0.15) is 0 Å². The molecule has 0 saturated carbocycles. The summed E-state index contributed by atoms with van der Waals surface area (Å²) in [5.74, 6) is 0.191. The molecule has 2 N–H and O–H groups in total. The molecule has 1 saturated heterocycles. The Balaban J connectivity index is 1.84. The van der Waals surface area contributed by atoms with E-state index in [1.54, 1.807) is 10.6 Å². The van der Waals surface area contributed by atoms with Crippen LogP contribution in [-0.2, 0) is 6.54 Å². The summed E-state index contributed by atoms with van der Waals surface area (Å²) in [5, 5.41) is 2.16. The SMILES string of the molecule is NC1CCCN(c2nc3ccsc3c(=O)n2Cc2ccc(F)cc2Cl)C1. The maximum Gasteiger partial charge on any atom is 0.273 e. The Morgan fingerprint density at radius 2 is 2.23 bits per heavy atom. The number of nitrogens with two attached hydrogens (primary N) is 1. The smallest absolute Gasteiger partial charge is 0.273 e. The molecule has 26 heavy (non-hydrogen) atoms. The molecule has 4 rings (SSSR count). The Labute approximate surface area is 158 Å². The first kappa shape index (κ1) is 17.5. The van der Waals surface area contributed by atoms with Gasteiger partial charge in [-0.05, 0) is 42.0 Å². The van der Waals surface area contributed by atoms with Gasteiger partial charge in [0.05, 0.1) is 12.1 Å². The summed E-state index contributed by atoms with van der Waals surface area (Å²) < 4.78 is 15.6. The number of fused-ring (bicyclic) bond motifs is 1. The van der Waals surface area contributed by atoms with E-state index < -0.39 is 5.82 Å². The standard InChI is InChI=1S/C18H18ClFN4OS/c19-14-8-12(20)4-3-11(14)9-24-17(25)16-15(5-7-26-16)22-18(24)23-6-1-2-13(21)10-23/h3-5,7-8,13H,1-2,6,9-10,21H2. The second kappa shape index (κ2) is 6.98. The molecule has 1 aliphatic heterocycles. The number of benzene rings is 1. The van der Waals surface area contributed by atoms with Gasteiger partial charge in [-0.15, -0.1) is 11.3 Å². The monoisotopic (exact) mass is 392 g/mol. The number of hydrogen-bond donors (Lipinski definition) is 1. The number of piperidine rings is 1. The molecule has 1 aromatic carbocycles. The quantitative estimate of drug-likeness (QED) is 0.743. The first-order chi connectivity index (χ1) is 12.5. The van der Waals surface area contributed by atoms with Crippen LogP contribution in [0.4, 0.5) is 10.3 Å². The number of hydrogen-bond acceptors (Lipinski definition) is 5. The molecule has 0 bridgehead atoms. The third-order valence-electron chi connectivity index (χ3n) is 4.63. The van der Waals surface area contributed by atoms with Gasteiger partial charge in [0, 0.05) is 24.2 Å². The molecule has 0 spiro atoms. The Morgan fingerprint density at radius 1 is 1.38 bits per heavy atom. The van der Waals surface area contributed by atoms with Gasteiger partial charge in [0.15, 0.2) is 0 Å². The Morgan fingerprint density at radius 3 is 3.00 bits per heavy atom. The van der Waals surface area contributed by atoms with E-state index in [-0.39, 0.29) is 18.1 Å². The topological polar surface area (TPSA) is 64.2 Å². The van der Waals surface area contributed by atoms with Crippen molar-refractivity contribution in [1.29, 1.82) is 0 Å². The Kier molecular flexibility index (Phi) is 4.69. The highest BCUT2D eigenvalue weighted by Gasteiger charge is 2.23. The number of aromatic nitrogens is 2. The molecule has 0 aliphatic carbocycles. The number of thiophene rings is 1. The van der Waals surface area contributed by atoms with Crippen LogP contribution < -0.4 is 16.2 Å². The van der Waals surface area contributed by atoms with Crippen molar-refractivity contribution < 1.29 is 4.39 Å². The van der Waals surface area contributed by atoms with Crippen LogP contribution in [0.15, 0.2) is 34.4 Å². The van der Waals surface area contributed by atoms with Gasteiger partial charge in [-0.1, -0.05) is 17.7 Å². The van der Waals surface area contributed by atoms with Crippen LogP contribution in [-0.4, -0.2) is 28.7 Å². The summed E-state index contributed by atoms with van der Waals surface area (Å²) in [5.41, 5.74) is 7.37. The van der Waals surface area contributed by atoms with Crippen molar-refractivity contribution >= 4 is 39.1 Å². The van der Waals surface area contributed by atoms with E-state index in [0.717, 1.165) is 19.4 Å². The van der Waals surface area contributed by atoms with Crippen molar-refractivity contribution in [3.05, 3.63) is 56.4 Å². The normalized spacial score (nSPS) is 17.8. The van der Waals surface area contributed by atoms with E-state index in [9.17, 15) is 9.18 Å². The summed E-state index contributed by atoms with van der Waals surface area (Å²) in [6.45, 7) is 1.69. The molecule has 1 unspecified atom stereocenters. The van der Waals surface area contributed by atoms with Gasteiger partial charge in [-0.3, -0.25) is 9.36 Å². The number of anilines is 1. The highest BCUT2D eigenvalue weighted by atomic mass is 35.5. The number of rotatable bonds is 3. The van der Waals surface area contributed by atoms with Crippen molar-refractivity contribution in [3.63, 3.8) is 0 Å². The van der Waals surface area contributed by atoms with Crippen molar-refractivity contribution in [2.24, 2.45) is 5.73 Å². The molecule has 1 atom stereocenters. The van der Waals surface area contributed by atoms with Crippen molar-refractivity contribution in [3.8, 4) is 0 Å². The minimum absolute atomic E-state index is 0.0571. The maximum atomic E-state index is 13.4. The Hall–Kier alpha value is -1.96. The van der Waals surface area contributed by atoms with Crippen LogP contribution in [0.2, 0.25) is 5.02 Å². The fourth-order valence-electron chi connectivity index (χ4n) is 3.33. The summed E-state index contributed by atoms with van der Waals surface area (Å²) in [7, 11) is 0. The van der Waals surface area contributed by atoms with Gasteiger partial charge < -0.3 is 10.6 Å². The van der Waals surface area contributed by atoms with E-state index in [4.69, 9.17) is 22.3 Å². The predicted octanol–water partition coefficient (Wildman–Crippen LogP) is 3.23. The van der Waals surface area contributed by atoms with E-state index in [1.807, 2.05) is 11.4 Å². The van der Waals surface area contributed by atoms with Crippen LogP contribution in [0, 0.1) is 5.82 Å². The van der Waals surface area contributed by atoms with E-state index in [0.29, 0.717) is 33.3 Å². The lowest BCUT2D eigenvalue weighted by molar-refractivity contribution is 0.492. The first-order valence-corrected chi connectivity index (χ1v) is 9.71. The van der Waals surface area contributed by atoms with Gasteiger partial charge in [0.25, 0.3) is 5.56 Å². The molecule has 0 amide bonds. The highest BCUT2D eigenvalue weighted by molar-refractivity contribution is 7.17. The second-order valence-electron chi connectivity index (χ2n) is 6.52.